The predicted octanol–water partition coefficient (Wildman–Crippen LogP) is -0.885. The van der Waals surface area contributed by atoms with Crippen LogP contribution < -0.4 is 27.8 Å². The molecule has 0 spiro atoms. The number of amides is 3. The Hall–Kier alpha value is -2.89. The van der Waals surface area contributed by atoms with Crippen molar-refractivity contribution in [2.45, 2.75) is 84.0 Å². The first-order valence-corrected chi connectivity index (χ1v) is 11.8. The van der Waals surface area contributed by atoms with Crippen molar-refractivity contribution in [3.63, 3.8) is 0 Å². The SMILES string of the molecule is CC(C)CC(N)C(=O)N1CCCC1C(=O)NC(C(=O)NC(CCCN=C(N)N)C(=O)O)C(C)C. The van der Waals surface area contributed by atoms with E-state index in [9.17, 15) is 24.3 Å². The number of hydrogen-bond acceptors (Lipinski definition) is 6. The Balaban J connectivity index is 2.82. The molecule has 1 rings (SSSR count). The lowest BCUT2D eigenvalue weighted by Crippen LogP contribution is -2.58. The molecule has 3 amide bonds. The van der Waals surface area contributed by atoms with Gasteiger partial charge in [-0.25, -0.2) is 4.79 Å². The number of aliphatic imine (C=N–C) groups is 1. The van der Waals surface area contributed by atoms with Crippen LogP contribution in [-0.4, -0.2) is 76.9 Å². The highest BCUT2D eigenvalue weighted by Crippen LogP contribution is 2.20. The summed E-state index contributed by atoms with van der Waals surface area (Å²) < 4.78 is 0. The monoisotopic (exact) mass is 483 g/mol. The van der Waals surface area contributed by atoms with Gasteiger partial charge >= 0.3 is 5.97 Å². The van der Waals surface area contributed by atoms with Gasteiger partial charge in [-0.3, -0.25) is 19.4 Å². The van der Waals surface area contributed by atoms with Gasteiger partial charge in [-0.05, 0) is 43.9 Å². The minimum absolute atomic E-state index is 0.0944. The molecule has 4 unspecified atom stereocenters. The van der Waals surface area contributed by atoms with Gasteiger partial charge in [0.05, 0.1) is 6.04 Å². The standard InChI is InChI=1S/C22H41N7O5/c1-12(2)11-14(23)20(32)29-10-6-8-16(29)18(30)28-17(13(3)4)19(31)27-15(21(33)34)7-5-9-26-22(24)25/h12-17H,5-11,23H2,1-4H3,(H,27,31)(H,28,30)(H,33,34)(H4,24,25,26). The van der Waals surface area contributed by atoms with E-state index < -0.39 is 42.0 Å². The molecule has 0 aromatic carbocycles. The fourth-order valence-corrected chi connectivity index (χ4v) is 3.93. The van der Waals surface area contributed by atoms with E-state index in [1.54, 1.807) is 13.8 Å². The first kappa shape index (κ1) is 29.1. The van der Waals surface area contributed by atoms with Crippen molar-refractivity contribution in [2.24, 2.45) is 34.0 Å². The normalized spacial score (nSPS) is 18.3. The second kappa shape index (κ2) is 13.7. The molecule has 1 aliphatic heterocycles. The summed E-state index contributed by atoms with van der Waals surface area (Å²) >= 11 is 0. The van der Waals surface area contributed by atoms with E-state index in [-0.39, 0.29) is 36.7 Å². The summed E-state index contributed by atoms with van der Waals surface area (Å²) in [5.74, 6) is -2.69. The molecule has 1 heterocycles. The fraction of sp³-hybridized carbons (Fsp3) is 0.773. The average Bonchev–Trinajstić information content (AvgIpc) is 3.22. The van der Waals surface area contributed by atoms with Crippen molar-refractivity contribution in [1.82, 2.24) is 15.5 Å². The molecule has 194 valence electrons. The highest BCUT2D eigenvalue weighted by molar-refractivity contribution is 5.94. The number of carbonyl (C=O) groups excluding carboxylic acids is 3. The van der Waals surface area contributed by atoms with Gasteiger partial charge in [0.15, 0.2) is 5.96 Å². The van der Waals surface area contributed by atoms with Crippen LogP contribution in [0.5, 0.6) is 0 Å². The van der Waals surface area contributed by atoms with Crippen LogP contribution >= 0.6 is 0 Å². The molecule has 0 aromatic rings. The Labute approximate surface area is 201 Å². The van der Waals surface area contributed by atoms with Gasteiger partial charge in [-0.2, -0.15) is 0 Å². The number of carboxylic acid groups (broad SMARTS) is 1. The third kappa shape index (κ3) is 9.16. The number of nitrogens with one attached hydrogen (secondary N) is 2. The molecule has 0 radical (unpaired) electrons. The summed E-state index contributed by atoms with van der Waals surface area (Å²) in [6.45, 7) is 8.09. The van der Waals surface area contributed by atoms with Gasteiger partial charge < -0.3 is 37.8 Å². The van der Waals surface area contributed by atoms with E-state index in [1.807, 2.05) is 13.8 Å². The fourth-order valence-electron chi connectivity index (χ4n) is 3.93. The van der Waals surface area contributed by atoms with Crippen molar-refractivity contribution < 1.29 is 24.3 Å². The molecule has 4 atom stereocenters. The lowest BCUT2D eigenvalue weighted by Gasteiger charge is -2.30. The third-order valence-corrected chi connectivity index (χ3v) is 5.69. The summed E-state index contributed by atoms with van der Waals surface area (Å²) in [6.07, 6.45) is 2.12. The highest BCUT2D eigenvalue weighted by Gasteiger charge is 2.38. The van der Waals surface area contributed by atoms with Gasteiger partial charge in [0.1, 0.15) is 18.1 Å². The zero-order valence-corrected chi connectivity index (χ0v) is 20.6. The molecule has 34 heavy (non-hydrogen) atoms. The number of carbonyl (C=O) groups is 4. The maximum atomic E-state index is 13.0. The zero-order chi connectivity index (χ0) is 26.0. The quantitative estimate of drug-likeness (QED) is 0.110. The van der Waals surface area contributed by atoms with Gasteiger partial charge in [0.2, 0.25) is 17.7 Å². The van der Waals surface area contributed by atoms with Crippen LogP contribution in [0.4, 0.5) is 0 Å². The molecule has 0 bridgehead atoms. The van der Waals surface area contributed by atoms with Crippen LogP contribution in [0.3, 0.4) is 0 Å². The zero-order valence-electron chi connectivity index (χ0n) is 20.6. The highest BCUT2D eigenvalue weighted by atomic mass is 16.4. The van der Waals surface area contributed by atoms with E-state index in [1.165, 1.54) is 4.90 Å². The Morgan fingerprint density at radius 3 is 2.29 bits per heavy atom. The number of aliphatic carboxylic acids is 1. The van der Waals surface area contributed by atoms with Crippen LogP contribution in [0.15, 0.2) is 4.99 Å². The number of rotatable bonds is 13. The number of likely N-dealkylation sites (tertiary alicyclic amines) is 1. The molecule has 1 fully saturated rings. The first-order valence-electron chi connectivity index (χ1n) is 11.8. The average molecular weight is 484 g/mol. The molecule has 0 aliphatic carbocycles. The molecule has 0 aromatic heterocycles. The Kier molecular flexibility index (Phi) is 11.8. The number of hydrogen-bond donors (Lipinski definition) is 6. The van der Waals surface area contributed by atoms with Crippen molar-refractivity contribution in [3.05, 3.63) is 0 Å². The first-order chi connectivity index (χ1) is 15.8. The molecule has 1 saturated heterocycles. The van der Waals surface area contributed by atoms with Crippen LogP contribution in [0, 0.1) is 11.8 Å². The number of carboxylic acids is 1. The molecular formula is C22H41N7O5. The maximum absolute atomic E-state index is 13.0. The van der Waals surface area contributed by atoms with E-state index in [0.717, 1.165) is 0 Å². The molecular weight excluding hydrogens is 442 g/mol. The van der Waals surface area contributed by atoms with Gasteiger partial charge in [0, 0.05) is 13.1 Å². The minimum atomic E-state index is -1.20. The number of nitrogens with two attached hydrogens (primary N) is 3. The van der Waals surface area contributed by atoms with Crippen LogP contribution in [0.2, 0.25) is 0 Å². The van der Waals surface area contributed by atoms with Crippen LogP contribution in [0.1, 0.15) is 59.8 Å². The summed E-state index contributed by atoms with van der Waals surface area (Å²) in [5, 5.41) is 14.7. The molecule has 1 aliphatic rings. The summed E-state index contributed by atoms with van der Waals surface area (Å²) in [6, 6.07) is -3.52. The second-order valence-electron chi connectivity index (χ2n) is 9.50. The lowest BCUT2D eigenvalue weighted by molar-refractivity contribution is -0.143. The predicted molar refractivity (Wildman–Crippen MR) is 128 cm³/mol. The van der Waals surface area contributed by atoms with E-state index >= 15 is 0 Å². The maximum Gasteiger partial charge on any atom is 0.326 e. The van der Waals surface area contributed by atoms with Crippen molar-refractivity contribution >= 4 is 29.7 Å². The molecule has 12 nitrogen and oxygen atoms in total. The molecule has 9 N–H and O–H groups in total. The summed E-state index contributed by atoms with van der Waals surface area (Å²) in [5.41, 5.74) is 16.6. The van der Waals surface area contributed by atoms with Crippen molar-refractivity contribution in [2.75, 3.05) is 13.1 Å². The van der Waals surface area contributed by atoms with Gasteiger partial charge in [-0.1, -0.05) is 27.7 Å². The van der Waals surface area contributed by atoms with Crippen LogP contribution in [0.25, 0.3) is 0 Å². The van der Waals surface area contributed by atoms with E-state index in [2.05, 4.69) is 15.6 Å². The molecule has 0 saturated carbocycles. The number of guanidine groups is 1. The summed E-state index contributed by atoms with van der Waals surface area (Å²) in [7, 11) is 0. The Morgan fingerprint density at radius 1 is 1.12 bits per heavy atom. The lowest BCUT2D eigenvalue weighted by atomic mass is 10.0. The van der Waals surface area contributed by atoms with E-state index in [0.29, 0.717) is 32.2 Å². The largest absolute Gasteiger partial charge is 0.480 e. The smallest absolute Gasteiger partial charge is 0.326 e. The Morgan fingerprint density at radius 2 is 1.76 bits per heavy atom. The van der Waals surface area contributed by atoms with Gasteiger partial charge in [0.25, 0.3) is 0 Å². The topological polar surface area (TPSA) is 206 Å². The van der Waals surface area contributed by atoms with Gasteiger partial charge in [-0.15, -0.1) is 0 Å². The van der Waals surface area contributed by atoms with Crippen molar-refractivity contribution in [3.8, 4) is 0 Å². The van der Waals surface area contributed by atoms with Crippen LogP contribution in [-0.2, 0) is 19.2 Å². The molecule has 12 heteroatoms. The minimum Gasteiger partial charge on any atom is -0.480 e. The number of nitrogens with zero attached hydrogens (tertiary/aromatic N) is 2. The van der Waals surface area contributed by atoms with Crippen molar-refractivity contribution in [1.29, 1.82) is 0 Å². The third-order valence-electron chi connectivity index (χ3n) is 5.69. The van der Waals surface area contributed by atoms with E-state index in [4.69, 9.17) is 17.2 Å². The second-order valence-corrected chi connectivity index (χ2v) is 9.50. The summed E-state index contributed by atoms with van der Waals surface area (Å²) in [4.78, 5) is 55.6. The Bertz CT molecular complexity index is 752.